The van der Waals surface area contributed by atoms with E-state index in [-0.39, 0.29) is 5.97 Å². The fourth-order valence-corrected chi connectivity index (χ4v) is 4.86. The van der Waals surface area contributed by atoms with E-state index in [1.54, 1.807) is 0 Å². The van der Waals surface area contributed by atoms with Gasteiger partial charge in [0.05, 0.1) is 20.2 Å². The van der Waals surface area contributed by atoms with Gasteiger partial charge in [-0.1, -0.05) is 33.6 Å². The molecule has 0 aromatic rings. The molecule has 0 atom stereocenters. The maximum Gasteiger partial charge on any atom is 0.306 e. The Hall–Kier alpha value is -0.300. The lowest BCUT2D eigenvalue weighted by atomic mass is 10.4. The molecule has 0 rings (SSSR count). The third-order valence-corrected chi connectivity index (χ3v) is 6.33. The maximum atomic E-state index is 12.7. The maximum absolute atomic E-state index is 12.7. The zero-order valence-electron chi connectivity index (χ0n) is 12.2. The summed E-state index contributed by atoms with van der Waals surface area (Å²) in [7, 11) is -2.14. The standard InChI is InChI=1S/C14H29O3P/c1-4-7-11-18(16,12-8-5-2)13-9-14(15)17-10-6-3/h4-13H2,1-3H3. The summed E-state index contributed by atoms with van der Waals surface area (Å²) in [6.45, 7) is 6.67. The Labute approximate surface area is 112 Å². The number of rotatable bonds is 11. The molecule has 108 valence electrons. The SMILES string of the molecule is CCCCP(=O)(CCCC)CCC(=O)OCCC. The lowest BCUT2D eigenvalue weighted by Crippen LogP contribution is -2.10. The van der Waals surface area contributed by atoms with E-state index in [9.17, 15) is 9.36 Å². The van der Waals surface area contributed by atoms with Crippen molar-refractivity contribution in [2.24, 2.45) is 0 Å². The molecule has 0 radical (unpaired) electrons. The van der Waals surface area contributed by atoms with Gasteiger partial charge in [-0.3, -0.25) is 4.79 Å². The van der Waals surface area contributed by atoms with Gasteiger partial charge in [-0.05, 0) is 19.3 Å². The molecule has 0 heterocycles. The largest absolute Gasteiger partial charge is 0.466 e. The Morgan fingerprint density at radius 2 is 1.50 bits per heavy atom. The van der Waals surface area contributed by atoms with Crippen LogP contribution in [0.3, 0.4) is 0 Å². The van der Waals surface area contributed by atoms with Crippen LogP contribution in [0, 0.1) is 0 Å². The summed E-state index contributed by atoms with van der Waals surface area (Å²) in [5.74, 6) is -0.190. The third-order valence-electron chi connectivity index (χ3n) is 3.03. The van der Waals surface area contributed by atoms with Crippen LogP contribution in [0.25, 0.3) is 0 Å². The molecule has 0 saturated heterocycles. The van der Waals surface area contributed by atoms with Gasteiger partial charge in [0.15, 0.2) is 0 Å². The molecule has 0 aliphatic heterocycles. The predicted molar refractivity (Wildman–Crippen MR) is 77.9 cm³/mol. The summed E-state index contributed by atoms with van der Waals surface area (Å²) >= 11 is 0. The molecule has 0 aromatic heterocycles. The molecule has 3 nitrogen and oxygen atoms in total. The first-order chi connectivity index (χ1) is 8.58. The molecule has 0 aliphatic carbocycles. The number of hydrogen-bond donors (Lipinski definition) is 0. The minimum absolute atomic E-state index is 0.190. The van der Waals surface area contributed by atoms with Crippen LogP contribution in [-0.4, -0.2) is 31.1 Å². The van der Waals surface area contributed by atoms with Crippen LogP contribution in [0.2, 0.25) is 0 Å². The van der Waals surface area contributed by atoms with Crippen molar-refractivity contribution in [2.45, 2.75) is 59.3 Å². The summed E-state index contributed by atoms with van der Waals surface area (Å²) in [6, 6.07) is 0. The first-order valence-electron chi connectivity index (χ1n) is 7.30. The van der Waals surface area contributed by atoms with Crippen LogP contribution in [0.5, 0.6) is 0 Å². The van der Waals surface area contributed by atoms with Crippen molar-refractivity contribution >= 4 is 13.1 Å². The van der Waals surface area contributed by atoms with Gasteiger partial charge in [0.1, 0.15) is 0 Å². The number of unbranched alkanes of at least 4 members (excludes halogenated alkanes) is 2. The Bertz CT molecular complexity index is 252. The molecule has 0 aromatic carbocycles. The molecule has 4 heteroatoms. The number of hydrogen-bond acceptors (Lipinski definition) is 3. The van der Waals surface area contributed by atoms with Crippen LogP contribution in [-0.2, 0) is 14.1 Å². The van der Waals surface area contributed by atoms with Gasteiger partial charge in [-0.15, -0.1) is 0 Å². The van der Waals surface area contributed by atoms with Crippen LogP contribution in [0.15, 0.2) is 0 Å². The molecule has 0 spiro atoms. The topological polar surface area (TPSA) is 43.4 Å². The molecule has 0 bridgehead atoms. The lowest BCUT2D eigenvalue weighted by molar-refractivity contribution is -0.143. The van der Waals surface area contributed by atoms with Crippen molar-refractivity contribution in [3.8, 4) is 0 Å². The van der Waals surface area contributed by atoms with Gasteiger partial charge < -0.3 is 9.30 Å². The van der Waals surface area contributed by atoms with Gasteiger partial charge in [0.25, 0.3) is 0 Å². The second-order valence-corrected chi connectivity index (χ2v) is 8.36. The second kappa shape index (κ2) is 10.6. The quantitative estimate of drug-likeness (QED) is 0.417. The smallest absolute Gasteiger partial charge is 0.306 e. The fourth-order valence-electron chi connectivity index (χ4n) is 1.81. The monoisotopic (exact) mass is 276 g/mol. The normalized spacial score (nSPS) is 11.5. The summed E-state index contributed by atoms with van der Waals surface area (Å²) in [4.78, 5) is 11.5. The lowest BCUT2D eigenvalue weighted by Gasteiger charge is -2.17. The van der Waals surface area contributed by atoms with Gasteiger partial charge in [0, 0.05) is 18.5 Å². The molecule has 0 saturated carbocycles. The summed E-state index contributed by atoms with van der Waals surface area (Å²) in [5, 5.41) is 0. The Morgan fingerprint density at radius 1 is 0.944 bits per heavy atom. The number of ether oxygens (including phenoxy) is 1. The molecule has 0 fully saturated rings. The summed E-state index contributed by atoms with van der Waals surface area (Å²) in [6.07, 6.45) is 7.44. The third kappa shape index (κ3) is 8.74. The van der Waals surface area contributed by atoms with Crippen molar-refractivity contribution in [3.63, 3.8) is 0 Å². The van der Waals surface area contributed by atoms with Crippen LogP contribution >= 0.6 is 7.14 Å². The average Bonchev–Trinajstić information content (AvgIpc) is 2.38. The van der Waals surface area contributed by atoms with E-state index < -0.39 is 7.14 Å². The zero-order valence-corrected chi connectivity index (χ0v) is 13.1. The highest BCUT2D eigenvalue weighted by Crippen LogP contribution is 2.47. The van der Waals surface area contributed by atoms with Crippen molar-refractivity contribution in [1.29, 1.82) is 0 Å². The van der Waals surface area contributed by atoms with Crippen molar-refractivity contribution in [1.82, 2.24) is 0 Å². The van der Waals surface area contributed by atoms with Gasteiger partial charge in [-0.2, -0.15) is 0 Å². The first kappa shape index (κ1) is 17.7. The van der Waals surface area contributed by atoms with E-state index in [4.69, 9.17) is 4.74 Å². The molecule has 0 unspecified atom stereocenters. The van der Waals surface area contributed by atoms with E-state index in [1.807, 2.05) is 6.92 Å². The molecular formula is C14H29O3P. The molecule has 0 amide bonds. The Morgan fingerprint density at radius 3 is 1.94 bits per heavy atom. The zero-order chi connectivity index (χ0) is 13.9. The van der Waals surface area contributed by atoms with E-state index in [0.717, 1.165) is 44.4 Å². The van der Waals surface area contributed by atoms with Crippen LogP contribution in [0.1, 0.15) is 59.3 Å². The fraction of sp³-hybridized carbons (Fsp3) is 0.929. The van der Waals surface area contributed by atoms with E-state index in [0.29, 0.717) is 19.2 Å². The van der Waals surface area contributed by atoms with Crippen molar-refractivity contribution in [2.75, 3.05) is 25.1 Å². The first-order valence-corrected chi connectivity index (χ1v) is 9.57. The second-order valence-electron chi connectivity index (χ2n) is 4.91. The van der Waals surface area contributed by atoms with E-state index >= 15 is 0 Å². The molecule has 18 heavy (non-hydrogen) atoms. The number of carbonyl (C=O) groups is 1. The molecule has 0 N–H and O–H groups in total. The number of esters is 1. The van der Waals surface area contributed by atoms with Crippen molar-refractivity contribution < 1.29 is 14.1 Å². The highest BCUT2D eigenvalue weighted by atomic mass is 31.2. The molecular weight excluding hydrogens is 247 g/mol. The Balaban J connectivity index is 4.14. The van der Waals surface area contributed by atoms with Crippen molar-refractivity contribution in [3.05, 3.63) is 0 Å². The van der Waals surface area contributed by atoms with Crippen LogP contribution < -0.4 is 0 Å². The average molecular weight is 276 g/mol. The summed E-state index contributed by atoms with van der Waals surface area (Å²) in [5.41, 5.74) is 0. The highest BCUT2D eigenvalue weighted by Gasteiger charge is 2.22. The minimum Gasteiger partial charge on any atom is -0.466 e. The van der Waals surface area contributed by atoms with E-state index in [2.05, 4.69) is 13.8 Å². The predicted octanol–water partition coefficient (Wildman–Crippen LogP) is 4.29. The number of carbonyl (C=O) groups excluding carboxylic acids is 1. The minimum atomic E-state index is -2.14. The van der Waals surface area contributed by atoms with Gasteiger partial charge >= 0.3 is 5.97 Å². The van der Waals surface area contributed by atoms with Gasteiger partial charge in [0.2, 0.25) is 0 Å². The van der Waals surface area contributed by atoms with Crippen LogP contribution in [0.4, 0.5) is 0 Å². The van der Waals surface area contributed by atoms with E-state index in [1.165, 1.54) is 0 Å². The Kier molecular flexibility index (Phi) is 10.4. The highest BCUT2D eigenvalue weighted by molar-refractivity contribution is 7.63. The summed E-state index contributed by atoms with van der Waals surface area (Å²) < 4.78 is 17.7. The molecule has 0 aliphatic rings. The van der Waals surface area contributed by atoms with Gasteiger partial charge in [-0.25, -0.2) is 0 Å².